The number of hydrogen-bond donors (Lipinski definition) is 4. The Labute approximate surface area is 212 Å². The number of carbonyl (C=O) groups excluding carboxylic acids is 2. The van der Waals surface area contributed by atoms with Crippen molar-refractivity contribution in [1.29, 1.82) is 0 Å². The molecule has 0 bridgehead atoms. The van der Waals surface area contributed by atoms with Crippen LogP contribution in [-0.2, 0) is 9.59 Å². The Morgan fingerprint density at radius 3 is 2.44 bits per heavy atom. The fourth-order valence-electron chi connectivity index (χ4n) is 6.88. The molecule has 5 rings (SSSR count). The highest BCUT2D eigenvalue weighted by molar-refractivity contribution is 6.00. The Bertz CT molecular complexity index is 1110. The van der Waals surface area contributed by atoms with Crippen molar-refractivity contribution in [2.75, 3.05) is 18.4 Å². The SMILES string of the molecule is NC[C@H]1CC[C@H](C(=O)N2CCC(C3CCCCC3)[C@H]2C(=O)Nc2ccc3[nH]c(C(=O)O)cc3c2)CC1. The summed E-state index contributed by atoms with van der Waals surface area (Å²) in [6.07, 6.45) is 10.5. The zero-order chi connectivity index (χ0) is 25.2. The summed E-state index contributed by atoms with van der Waals surface area (Å²) in [5, 5.41) is 13.1. The van der Waals surface area contributed by atoms with Crippen molar-refractivity contribution < 1.29 is 19.5 Å². The number of aromatic nitrogens is 1. The average Bonchev–Trinajstić information content (AvgIpc) is 3.54. The van der Waals surface area contributed by atoms with E-state index in [-0.39, 0.29) is 29.3 Å². The van der Waals surface area contributed by atoms with E-state index in [2.05, 4.69) is 10.3 Å². The molecule has 194 valence electrons. The van der Waals surface area contributed by atoms with E-state index in [1.54, 1.807) is 24.3 Å². The first-order chi connectivity index (χ1) is 17.4. The van der Waals surface area contributed by atoms with Crippen LogP contribution in [0.25, 0.3) is 10.9 Å². The van der Waals surface area contributed by atoms with Gasteiger partial charge in [-0.1, -0.05) is 32.1 Å². The summed E-state index contributed by atoms with van der Waals surface area (Å²) >= 11 is 0. The maximum atomic E-state index is 13.8. The monoisotopic (exact) mass is 494 g/mol. The van der Waals surface area contributed by atoms with Crippen LogP contribution < -0.4 is 11.1 Å². The molecule has 1 aromatic heterocycles. The van der Waals surface area contributed by atoms with Gasteiger partial charge in [-0.2, -0.15) is 0 Å². The van der Waals surface area contributed by atoms with Crippen molar-refractivity contribution in [2.45, 2.75) is 70.3 Å². The zero-order valence-corrected chi connectivity index (χ0v) is 20.9. The fourth-order valence-corrected chi connectivity index (χ4v) is 6.88. The van der Waals surface area contributed by atoms with E-state index in [1.807, 2.05) is 4.90 Å². The predicted molar refractivity (Wildman–Crippen MR) is 139 cm³/mol. The van der Waals surface area contributed by atoms with Crippen LogP contribution in [-0.4, -0.2) is 51.9 Å². The van der Waals surface area contributed by atoms with Crippen LogP contribution in [0.15, 0.2) is 24.3 Å². The minimum atomic E-state index is -1.02. The Morgan fingerprint density at radius 2 is 1.75 bits per heavy atom. The van der Waals surface area contributed by atoms with Crippen molar-refractivity contribution in [3.05, 3.63) is 30.0 Å². The molecule has 2 aliphatic carbocycles. The number of hydrogen-bond acceptors (Lipinski definition) is 4. The summed E-state index contributed by atoms with van der Waals surface area (Å²) in [6, 6.07) is 6.48. The second-order valence-corrected chi connectivity index (χ2v) is 11.1. The number of benzene rings is 1. The normalized spacial score (nSPS) is 27.3. The molecule has 2 amide bonds. The van der Waals surface area contributed by atoms with Gasteiger partial charge in [-0.25, -0.2) is 4.79 Å². The number of likely N-dealkylation sites (tertiary alicyclic amines) is 1. The Morgan fingerprint density at radius 1 is 1.00 bits per heavy atom. The molecule has 1 aliphatic heterocycles. The van der Waals surface area contributed by atoms with Crippen LogP contribution in [0, 0.1) is 23.7 Å². The topological polar surface area (TPSA) is 129 Å². The van der Waals surface area contributed by atoms with E-state index >= 15 is 0 Å². The number of nitrogens with zero attached hydrogens (tertiary/aromatic N) is 1. The van der Waals surface area contributed by atoms with Gasteiger partial charge in [0.1, 0.15) is 11.7 Å². The zero-order valence-electron chi connectivity index (χ0n) is 20.9. The largest absolute Gasteiger partial charge is 0.477 e. The van der Waals surface area contributed by atoms with Crippen LogP contribution in [0.4, 0.5) is 5.69 Å². The molecule has 1 unspecified atom stereocenters. The van der Waals surface area contributed by atoms with Gasteiger partial charge >= 0.3 is 5.97 Å². The smallest absolute Gasteiger partial charge is 0.352 e. The number of amides is 2. The lowest BCUT2D eigenvalue weighted by Crippen LogP contribution is -2.49. The maximum Gasteiger partial charge on any atom is 0.352 e. The standard InChI is InChI=1S/C28H38N4O4/c29-16-17-6-8-19(9-7-17)27(34)32-13-12-22(18-4-2-1-3-5-18)25(32)26(33)30-21-10-11-23-20(14-21)15-24(31-23)28(35)36/h10-11,14-15,17-19,22,25,31H,1-9,12-13,16,29H2,(H,30,33)(H,35,36)/t17-,19-,22?,25-/m0/s1. The Balaban J connectivity index is 1.36. The number of carboxylic acids is 1. The number of nitrogens with one attached hydrogen (secondary N) is 2. The number of anilines is 1. The molecule has 3 aliphatic rings. The van der Waals surface area contributed by atoms with Gasteiger partial charge in [-0.05, 0) is 80.7 Å². The second-order valence-electron chi connectivity index (χ2n) is 11.1. The van der Waals surface area contributed by atoms with Gasteiger partial charge in [0.25, 0.3) is 0 Å². The van der Waals surface area contributed by atoms with Crippen LogP contribution in [0.5, 0.6) is 0 Å². The van der Waals surface area contributed by atoms with Crippen molar-refractivity contribution in [2.24, 2.45) is 29.4 Å². The molecule has 1 saturated heterocycles. The highest BCUT2D eigenvalue weighted by Gasteiger charge is 2.46. The molecular weight excluding hydrogens is 456 g/mol. The molecule has 5 N–H and O–H groups in total. The third-order valence-corrected chi connectivity index (χ3v) is 8.90. The average molecular weight is 495 g/mol. The minimum Gasteiger partial charge on any atom is -0.477 e. The van der Waals surface area contributed by atoms with Crippen LogP contribution in [0.3, 0.4) is 0 Å². The van der Waals surface area contributed by atoms with Gasteiger partial charge in [0.05, 0.1) is 0 Å². The van der Waals surface area contributed by atoms with Crippen LogP contribution in [0.2, 0.25) is 0 Å². The summed E-state index contributed by atoms with van der Waals surface area (Å²) in [5.41, 5.74) is 7.29. The van der Waals surface area contributed by atoms with Gasteiger partial charge in [0.15, 0.2) is 0 Å². The molecule has 3 fully saturated rings. The summed E-state index contributed by atoms with van der Waals surface area (Å²) < 4.78 is 0. The minimum absolute atomic E-state index is 0.0150. The first-order valence-corrected chi connectivity index (χ1v) is 13.6. The van der Waals surface area contributed by atoms with Crippen molar-refractivity contribution in [3.63, 3.8) is 0 Å². The maximum absolute atomic E-state index is 13.8. The number of nitrogens with two attached hydrogens (primary N) is 1. The number of rotatable bonds is 6. The molecule has 2 atom stereocenters. The molecule has 2 aromatic rings. The molecule has 1 aromatic carbocycles. The summed E-state index contributed by atoms with van der Waals surface area (Å²) in [7, 11) is 0. The quantitative estimate of drug-likeness (QED) is 0.474. The van der Waals surface area contributed by atoms with E-state index in [9.17, 15) is 19.5 Å². The van der Waals surface area contributed by atoms with E-state index in [0.29, 0.717) is 36.1 Å². The molecular formula is C28H38N4O4. The molecule has 2 saturated carbocycles. The second kappa shape index (κ2) is 10.6. The third kappa shape index (κ3) is 5.01. The summed E-state index contributed by atoms with van der Waals surface area (Å²) in [6.45, 7) is 1.33. The number of aromatic carboxylic acids is 1. The number of fused-ring (bicyclic) bond motifs is 1. The van der Waals surface area contributed by atoms with E-state index < -0.39 is 12.0 Å². The number of carbonyl (C=O) groups is 3. The van der Waals surface area contributed by atoms with Gasteiger partial charge < -0.3 is 26.0 Å². The summed E-state index contributed by atoms with van der Waals surface area (Å²) in [4.78, 5) is 43.6. The molecule has 36 heavy (non-hydrogen) atoms. The molecule has 2 heterocycles. The number of H-pyrrole nitrogens is 1. The van der Waals surface area contributed by atoms with Crippen molar-refractivity contribution >= 4 is 34.4 Å². The third-order valence-electron chi connectivity index (χ3n) is 8.90. The molecule has 0 radical (unpaired) electrons. The van der Waals surface area contributed by atoms with E-state index in [4.69, 9.17) is 5.73 Å². The highest BCUT2D eigenvalue weighted by atomic mass is 16.4. The first-order valence-electron chi connectivity index (χ1n) is 13.6. The predicted octanol–water partition coefficient (Wildman–Crippen LogP) is 4.37. The van der Waals surface area contributed by atoms with E-state index in [1.165, 1.54) is 19.3 Å². The summed E-state index contributed by atoms with van der Waals surface area (Å²) in [5.74, 6) is 0.143. The van der Waals surface area contributed by atoms with Gasteiger partial charge in [-0.3, -0.25) is 9.59 Å². The van der Waals surface area contributed by atoms with E-state index in [0.717, 1.165) is 50.3 Å². The number of carboxylic acid groups (broad SMARTS) is 1. The Kier molecular flexibility index (Phi) is 7.32. The van der Waals surface area contributed by atoms with Gasteiger partial charge in [-0.15, -0.1) is 0 Å². The molecule has 0 spiro atoms. The lowest BCUT2D eigenvalue weighted by Gasteiger charge is -2.36. The lowest BCUT2D eigenvalue weighted by molar-refractivity contribution is -0.142. The van der Waals surface area contributed by atoms with Gasteiger partial charge in [0.2, 0.25) is 11.8 Å². The highest BCUT2D eigenvalue weighted by Crippen LogP contribution is 2.41. The van der Waals surface area contributed by atoms with Crippen LogP contribution >= 0.6 is 0 Å². The lowest BCUT2D eigenvalue weighted by atomic mass is 9.76. The first kappa shape index (κ1) is 24.8. The number of aromatic amines is 1. The molecule has 8 nitrogen and oxygen atoms in total. The van der Waals surface area contributed by atoms with Crippen molar-refractivity contribution in [1.82, 2.24) is 9.88 Å². The van der Waals surface area contributed by atoms with Crippen molar-refractivity contribution in [3.8, 4) is 0 Å². The molecule has 8 heteroatoms. The van der Waals surface area contributed by atoms with Crippen LogP contribution in [0.1, 0.15) is 74.7 Å². The van der Waals surface area contributed by atoms with Gasteiger partial charge in [0, 0.05) is 29.1 Å². The Hall–Kier alpha value is -2.87. The fraction of sp³-hybridized carbons (Fsp3) is 0.607.